The predicted octanol–water partition coefficient (Wildman–Crippen LogP) is -0.131. The van der Waals surface area contributed by atoms with E-state index in [9.17, 15) is 20.0 Å². The van der Waals surface area contributed by atoms with Crippen LogP contribution in [0.3, 0.4) is 0 Å². The molecular weight excluding hydrogens is 238 g/mol. The monoisotopic (exact) mass is 253 g/mol. The maximum atomic E-state index is 11.2. The lowest BCUT2D eigenvalue weighted by atomic mass is 10.3. The summed E-state index contributed by atoms with van der Waals surface area (Å²) in [6.45, 7) is 0.672. The number of hydrogen-bond acceptors (Lipinski definition) is 5. The van der Waals surface area contributed by atoms with Gasteiger partial charge in [-0.15, -0.1) is 0 Å². The SMILES string of the molecule is O=c1ccn(CC(O)CNC2CC2)cc1[N+](=O)[O-]. The third-order valence-corrected chi connectivity index (χ3v) is 2.80. The largest absolute Gasteiger partial charge is 0.390 e. The van der Waals surface area contributed by atoms with Crippen LogP contribution in [0.4, 0.5) is 5.69 Å². The number of rotatable bonds is 6. The molecule has 0 bridgehead atoms. The highest BCUT2D eigenvalue weighted by Gasteiger charge is 2.21. The Hall–Kier alpha value is -1.73. The number of aliphatic hydroxyl groups is 1. The topological polar surface area (TPSA) is 97.4 Å². The minimum Gasteiger partial charge on any atom is -0.390 e. The number of pyridine rings is 1. The smallest absolute Gasteiger partial charge is 0.332 e. The van der Waals surface area contributed by atoms with Gasteiger partial charge in [0, 0.05) is 31.4 Å². The van der Waals surface area contributed by atoms with E-state index in [2.05, 4.69) is 5.32 Å². The fraction of sp³-hybridized carbons (Fsp3) is 0.545. The van der Waals surface area contributed by atoms with Gasteiger partial charge in [0.25, 0.3) is 5.43 Å². The highest BCUT2D eigenvalue weighted by atomic mass is 16.6. The van der Waals surface area contributed by atoms with Crippen molar-refractivity contribution in [3.63, 3.8) is 0 Å². The first-order valence-corrected chi connectivity index (χ1v) is 5.82. The van der Waals surface area contributed by atoms with E-state index in [1.165, 1.54) is 10.8 Å². The minimum absolute atomic E-state index is 0.223. The Kier molecular flexibility index (Phi) is 3.73. The quantitative estimate of drug-likeness (QED) is 0.543. The average Bonchev–Trinajstić information content (AvgIpc) is 3.12. The Morgan fingerprint density at radius 1 is 1.61 bits per heavy atom. The predicted molar refractivity (Wildman–Crippen MR) is 64.4 cm³/mol. The van der Waals surface area contributed by atoms with Crippen LogP contribution >= 0.6 is 0 Å². The minimum atomic E-state index is -0.715. The number of nitrogens with one attached hydrogen (secondary N) is 1. The zero-order valence-electron chi connectivity index (χ0n) is 9.78. The maximum absolute atomic E-state index is 11.2. The van der Waals surface area contributed by atoms with Gasteiger partial charge in [-0.3, -0.25) is 14.9 Å². The lowest BCUT2D eigenvalue weighted by molar-refractivity contribution is -0.386. The first kappa shape index (κ1) is 12.7. The molecule has 1 aliphatic rings. The van der Waals surface area contributed by atoms with Crippen molar-refractivity contribution in [3.05, 3.63) is 38.8 Å². The summed E-state index contributed by atoms with van der Waals surface area (Å²) in [6, 6.07) is 1.64. The molecule has 7 nitrogen and oxygen atoms in total. The van der Waals surface area contributed by atoms with Crippen molar-refractivity contribution in [2.45, 2.75) is 31.5 Å². The van der Waals surface area contributed by atoms with E-state index in [-0.39, 0.29) is 6.54 Å². The Morgan fingerprint density at radius 2 is 2.33 bits per heavy atom. The highest BCUT2D eigenvalue weighted by Crippen LogP contribution is 2.18. The lowest BCUT2D eigenvalue weighted by Crippen LogP contribution is -2.31. The van der Waals surface area contributed by atoms with E-state index in [1.807, 2.05) is 0 Å². The molecular formula is C11H15N3O4. The molecule has 1 aromatic rings. The van der Waals surface area contributed by atoms with Crippen molar-refractivity contribution in [3.8, 4) is 0 Å². The van der Waals surface area contributed by atoms with Crippen LogP contribution in [0.25, 0.3) is 0 Å². The Morgan fingerprint density at radius 3 is 2.94 bits per heavy atom. The molecule has 0 amide bonds. The van der Waals surface area contributed by atoms with Gasteiger partial charge >= 0.3 is 5.69 Å². The number of nitrogens with zero attached hydrogens (tertiary/aromatic N) is 2. The highest BCUT2D eigenvalue weighted by molar-refractivity contribution is 5.25. The molecule has 2 N–H and O–H groups in total. The van der Waals surface area contributed by atoms with E-state index in [1.54, 1.807) is 0 Å². The maximum Gasteiger partial charge on any atom is 0.332 e. The molecule has 1 aliphatic carbocycles. The second kappa shape index (κ2) is 5.28. The van der Waals surface area contributed by atoms with E-state index in [4.69, 9.17) is 0 Å². The first-order chi connectivity index (χ1) is 8.56. The molecule has 0 aromatic carbocycles. The Labute approximate surface area is 103 Å². The van der Waals surface area contributed by atoms with Gasteiger partial charge in [-0.1, -0.05) is 0 Å². The van der Waals surface area contributed by atoms with Gasteiger partial charge in [0.1, 0.15) is 0 Å². The van der Waals surface area contributed by atoms with Crippen molar-refractivity contribution in [2.75, 3.05) is 6.54 Å². The van der Waals surface area contributed by atoms with Gasteiger partial charge in [0.2, 0.25) is 0 Å². The summed E-state index contributed by atoms with van der Waals surface area (Å²) >= 11 is 0. The molecule has 0 aliphatic heterocycles. The molecule has 0 spiro atoms. The van der Waals surface area contributed by atoms with Crippen LogP contribution in [0.1, 0.15) is 12.8 Å². The van der Waals surface area contributed by atoms with Crippen molar-refractivity contribution < 1.29 is 10.0 Å². The summed E-state index contributed by atoms with van der Waals surface area (Å²) in [5, 5.41) is 23.5. The molecule has 0 saturated heterocycles. The van der Waals surface area contributed by atoms with Crippen LogP contribution in [0.5, 0.6) is 0 Å². The van der Waals surface area contributed by atoms with E-state index >= 15 is 0 Å². The zero-order chi connectivity index (χ0) is 13.1. The van der Waals surface area contributed by atoms with E-state index in [0.29, 0.717) is 12.6 Å². The standard InChI is InChI=1S/C11H15N3O4/c15-9(5-12-8-1-2-8)6-13-4-3-11(16)10(7-13)14(17)18/h3-4,7-9,12,15H,1-2,5-6H2. The van der Waals surface area contributed by atoms with Crippen molar-refractivity contribution in [1.29, 1.82) is 0 Å². The summed E-state index contributed by atoms with van der Waals surface area (Å²) in [7, 11) is 0. The van der Waals surface area contributed by atoms with Gasteiger partial charge in [-0.05, 0) is 12.8 Å². The van der Waals surface area contributed by atoms with Gasteiger partial charge in [0.15, 0.2) is 0 Å². The molecule has 2 rings (SSSR count). The van der Waals surface area contributed by atoms with Crippen molar-refractivity contribution >= 4 is 5.69 Å². The normalized spacial score (nSPS) is 16.5. The van der Waals surface area contributed by atoms with Gasteiger partial charge < -0.3 is 15.0 Å². The Bertz CT molecular complexity index is 495. The summed E-state index contributed by atoms with van der Waals surface area (Å²) < 4.78 is 1.46. The lowest BCUT2D eigenvalue weighted by Gasteiger charge is -2.13. The van der Waals surface area contributed by atoms with E-state index in [0.717, 1.165) is 25.1 Å². The average molecular weight is 253 g/mol. The molecule has 1 heterocycles. The van der Waals surface area contributed by atoms with Crippen molar-refractivity contribution in [2.24, 2.45) is 0 Å². The third kappa shape index (κ3) is 3.38. The summed E-state index contributed by atoms with van der Waals surface area (Å²) in [5.74, 6) is 0. The molecule has 1 fully saturated rings. The zero-order valence-corrected chi connectivity index (χ0v) is 9.78. The van der Waals surface area contributed by atoms with E-state index < -0.39 is 22.1 Å². The van der Waals surface area contributed by atoms with Crippen LogP contribution in [0.15, 0.2) is 23.3 Å². The van der Waals surface area contributed by atoms with Gasteiger partial charge in [-0.2, -0.15) is 0 Å². The molecule has 1 atom stereocenters. The van der Waals surface area contributed by atoms with Gasteiger partial charge in [0.05, 0.1) is 17.2 Å². The fourth-order valence-corrected chi connectivity index (χ4v) is 1.66. The second-order valence-corrected chi connectivity index (χ2v) is 4.48. The van der Waals surface area contributed by atoms with Crippen LogP contribution in [-0.4, -0.2) is 33.3 Å². The molecule has 98 valence electrons. The van der Waals surface area contributed by atoms with Crippen LogP contribution in [0, 0.1) is 10.1 Å². The third-order valence-electron chi connectivity index (χ3n) is 2.80. The summed E-state index contributed by atoms with van der Waals surface area (Å²) in [6.07, 6.45) is 4.23. The number of aromatic nitrogens is 1. The van der Waals surface area contributed by atoms with Crippen LogP contribution in [-0.2, 0) is 6.54 Å². The molecule has 7 heteroatoms. The number of nitro groups is 1. The summed E-state index contributed by atoms with van der Waals surface area (Å²) in [4.78, 5) is 21.1. The second-order valence-electron chi connectivity index (χ2n) is 4.48. The van der Waals surface area contributed by atoms with Crippen LogP contribution < -0.4 is 10.7 Å². The Balaban J connectivity index is 1.97. The first-order valence-electron chi connectivity index (χ1n) is 5.82. The van der Waals surface area contributed by atoms with Crippen LogP contribution in [0.2, 0.25) is 0 Å². The fourth-order valence-electron chi connectivity index (χ4n) is 1.66. The molecule has 0 radical (unpaired) electrons. The molecule has 18 heavy (non-hydrogen) atoms. The number of hydrogen-bond donors (Lipinski definition) is 2. The van der Waals surface area contributed by atoms with Crippen molar-refractivity contribution in [1.82, 2.24) is 9.88 Å². The number of aliphatic hydroxyl groups excluding tert-OH is 1. The summed E-state index contributed by atoms with van der Waals surface area (Å²) in [5.41, 5.74) is -1.10. The van der Waals surface area contributed by atoms with Gasteiger partial charge in [-0.25, -0.2) is 0 Å². The molecule has 1 saturated carbocycles. The molecule has 1 aromatic heterocycles. The molecule has 1 unspecified atom stereocenters.